The molecule has 0 saturated carbocycles. The lowest BCUT2D eigenvalue weighted by molar-refractivity contribution is 0.154. The van der Waals surface area contributed by atoms with Crippen LogP contribution in [0, 0.1) is 5.82 Å². The number of piperidine rings is 1. The van der Waals surface area contributed by atoms with E-state index < -0.39 is 0 Å². The molecule has 1 aliphatic rings. The van der Waals surface area contributed by atoms with E-state index in [-0.39, 0.29) is 11.9 Å². The smallest absolute Gasteiger partial charge is 0.214 e. The number of nitrogens with zero attached hydrogens (tertiary/aromatic N) is 4. The number of benzene rings is 1. The molecule has 1 aromatic carbocycles. The molecule has 7 heteroatoms. The summed E-state index contributed by atoms with van der Waals surface area (Å²) in [5.74, 6) is -0.256. The summed E-state index contributed by atoms with van der Waals surface area (Å²) in [5, 5.41) is 15.2. The van der Waals surface area contributed by atoms with E-state index in [1.807, 2.05) is 6.20 Å². The van der Waals surface area contributed by atoms with E-state index in [4.69, 9.17) is 0 Å². The first-order chi connectivity index (χ1) is 10.7. The molecule has 3 aromatic rings. The maximum absolute atomic E-state index is 13.0. The molecule has 1 fully saturated rings. The molecule has 5 nitrogen and oxygen atoms in total. The Morgan fingerprint density at radius 2 is 2.09 bits per heavy atom. The van der Waals surface area contributed by atoms with Gasteiger partial charge in [0, 0.05) is 18.7 Å². The highest BCUT2D eigenvalue weighted by Gasteiger charge is 2.21. The minimum absolute atomic E-state index is 0.256. The number of anilines is 1. The van der Waals surface area contributed by atoms with Gasteiger partial charge in [0.25, 0.3) is 0 Å². The predicted molar refractivity (Wildman–Crippen MR) is 83.7 cm³/mol. The first kappa shape index (κ1) is 13.7. The van der Waals surface area contributed by atoms with Crippen LogP contribution in [0.15, 0.2) is 30.5 Å². The zero-order chi connectivity index (χ0) is 15.1. The molecule has 1 N–H and O–H groups in total. The largest absolute Gasteiger partial charge is 0.391 e. The first-order valence-electron chi connectivity index (χ1n) is 7.24. The normalized spacial score (nSPS) is 19.0. The van der Waals surface area contributed by atoms with E-state index >= 15 is 0 Å². The minimum Gasteiger partial charge on any atom is -0.391 e. The predicted octanol–water partition coefficient (Wildman–Crippen LogP) is 2.56. The van der Waals surface area contributed by atoms with Gasteiger partial charge in [0.2, 0.25) is 10.1 Å². The summed E-state index contributed by atoms with van der Waals surface area (Å²) in [4.78, 5) is 7.46. The lowest BCUT2D eigenvalue weighted by Gasteiger charge is -2.29. The van der Waals surface area contributed by atoms with Gasteiger partial charge >= 0.3 is 0 Å². The molecule has 2 aromatic heterocycles. The Hall–Kier alpha value is -1.99. The Morgan fingerprint density at radius 3 is 2.82 bits per heavy atom. The van der Waals surface area contributed by atoms with Crippen LogP contribution in [0.2, 0.25) is 0 Å². The van der Waals surface area contributed by atoms with Crippen LogP contribution in [0.4, 0.5) is 9.52 Å². The van der Waals surface area contributed by atoms with Gasteiger partial charge in [0.1, 0.15) is 5.82 Å². The highest BCUT2D eigenvalue weighted by molar-refractivity contribution is 7.20. The number of imidazole rings is 1. The van der Waals surface area contributed by atoms with E-state index in [9.17, 15) is 9.50 Å². The number of hydrogen-bond donors (Lipinski definition) is 1. The zero-order valence-electron chi connectivity index (χ0n) is 11.8. The van der Waals surface area contributed by atoms with Gasteiger partial charge in [-0.1, -0.05) is 11.3 Å². The molecule has 1 atom stereocenters. The number of hydrogen-bond acceptors (Lipinski definition) is 5. The summed E-state index contributed by atoms with van der Waals surface area (Å²) >= 11 is 1.51. The van der Waals surface area contributed by atoms with Crippen LogP contribution < -0.4 is 4.90 Å². The molecule has 114 valence electrons. The number of halogens is 1. The molecule has 0 radical (unpaired) electrons. The van der Waals surface area contributed by atoms with Gasteiger partial charge in [-0.2, -0.15) is 0 Å². The maximum atomic E-state index is 13.0. The average molecular weight is 318 g/mol. The quantitative estimate of drug-likeness (QED) is 0.789. The number of β-amino-alcohol motifs (C(OH)–C–C–N with tert-alkyl or cyclic N) is 1. The van der Waals surface area contributed by atoms with E-state index in [0.717, 1.165) is 40.7 Å². The van der Waals surface area contributed by atoms with E-state index in [1.165, 1.54) is 23.5 Å². The van der Waals surface area contributed by atoms with E-state index in [0.29, 0.717) is 6.54 Å². The van der Waals surface area contributed by atoms with Crippen LogP contribution in [0.3, 0.4) is 0 Å². The SMILES string of the molecule is O[C@H]1CCCN(c2nn3cc(-c4ccc(F)cc4)nc3s2)C1. The van der Waals surface area contributed by atoms with Crippen molar-refractivity contribution in [3.8, 4) is 11.3 Å². The summed E-state index contributed by atoms with van der Waals surface area (Å²) in [6.07, 6.45) is 3.40. The zero-order valence-corrected chi connectivity index (χ0v) is 12.6. The standard InChI is InChI=1S/C15H15FN4OS/c16-11-5-3-10(4-6-11)13-9-20-14(17-13)22-15(18-20)19-7-1-2-12(21)8-19/h3-6,9,12,21H,1-2,7-8H2/t12-/m0/s1. The highest BCUT2D eigenvalue weighted by atomic mass is 32.1. The Morgan fingerprint density at radius 1 is 1.27 bits per heavy atom. The number of aliphatic hydroxyl groups excluding tert-OH is 1. The molecule has 0 bridgehead atoms. The highest BCUT2D eigenvalue weighted by Crippen LogP contribution is 2.28. The van der Waals surface area contributed by atoms with Crippen molar-refractivity contribution < 1.29 is 9.50 Å². The second-order valence-electron chi connectivity index (χ2n) is 5.49. The Labute approximate surface area is 130 Å². The topological polar surface area (TPSA) is 53.7 Å². The maximum Gasteiger partial charge on any atom is 0.214 e. The molecule has 4 rings (SSSR count). The summed E-state index contributed by atoms with van der Waals surface area (Å²) in [5.41, 5.74) is 1.65. The van der Waals surface area contributed by atoms with Gasteiger partial charge in [-0.25, -0.2) is 13.9 Å². The molecule has 0 spiro atoms. The van der Waals surface area contributed by atoms with Crippen LogP contribution in [0.5, 0.6) is 0 Å². The fourth-order valence-corrected chi connectivity index (χ4v) is 3.62. The molecule has 1 saturated heterocycles. The summed E-state index contributed by atoms with van der Waals surface area (Å²) in [6.45, 7) is 1.54. The fourth-order valence-electron chi connectivity index (χ4n) is 2.71. The number of fused-ring (bicyclic) bond motifs is 1. The monoisotopic (exact) mass is 318 g/mol. The van der Waals surface area contributed by atoms with Crippen molar-refractivity contribution in [2.24, 2.45) is 0 Å². The van der Waals surface area contributed by atoms with Crippen molar-refractivity contribution in [2.45, 2.75) is 18.9 Å². The number of aliphatic hydroxyl groups is 1. The molecule has 0 amide bonds. The van der Waals surface area contributed by atoms with Gasteiger partial charge in [-0.05, 0) is 37.1 Å². The average Bonchev–Trinajstić information content (AvgIpc) is 3.06. The van der Waals surface area contributed by atoms with Gasteiger partial charge in [0.05, 0.1) is 18.0 Å². The van der Waals surface area contributed by atoms with E-state index in [2.05, 4.69) is 15.0 Å². The molecule has 22 heavy (non-hydrogen) atoms. The van der Waals surface area contributed by atoms with Crippen molar-refractivity contribution in [2.75, 3.05) is 18.0 Å². The third-order valence-electron chi connectivity index (χ3n) is 3.84. The summed E-state index contributed by atoms with van der Waals surface area (Å²) in [7, 11) is 0. The van der Waals surface area contributed by atoms with Crippen LogP contribution >= 0.6 is 11.3 Å². The summed E-state index contributed by atoms with van der Waals surface area (Å²) in [6, 6.07) is 6.28. The van der Waals surface area contributed by atoms with Crippen LogP contribution in [-0.4, -0.2) is 38.9 Å². The van der Waals surface area contributed by atoms with Crippen molar-refractivity contribution >= 4 is 21.4 Å². The second kappa shape index (κ2) is 5.33. The van der Waals surface area contributed by atoms with Crippen LogP contribution in [0.1, 0.15) is 12.8 Å². The third-order valence-corrected chi connectivity index (χ3v) is 4.82. The van der Waals surface area contributed by atoms with Gasteiger partial charge in [-0.3, -0.25) is 0 Å². The van der Waals surface area contributed by atoms with Crippen molar-refractivity contribution in [3.63, 3.8) is 0 Å². The molecular formula is C15H15FN4OS. The Bertz CT molecular complexity index is 766. The summed E-state index contributed by atoms with van der Waals surface area (Å²) < 4.78 is 14.7. The molecular weight excluding hydrogens is 303 g/mol. The van der Waals surface area contributed by atoms with E-state index in [1.54, 1.807) is 16.6 Å². The molecule has 0 aliphatic carbocycles. The van der Waals surface area contributed by atoms with Crippen molar-refractivity contribution in [1.29, 1.82) is 0 Å². The lowest BCUT2D eigenvalue weighted by atomic mass is 10.1. The van der Waals surface area contributed by atoms with Gasteiger partial charge in [0.15, 0.2) is 0 Å². The van der Waals surface area contributed by atoms with Crippen molar-refractivity contribution in [3.05, 3.63) is 36.3 Å². The number of rotatable bonds is 2. The first-order valence-corrected chi connectivity index (χ1v) is 8.06. The minimum atomic E-state index is -0.278. The number of aromatic nitrogens is 3. The molecule has 0 unspecified atom stereocenters. The Kier molecular flexibility index (Phi) is 3.31. The van der Waals surface area contributed by atoms with Gasteiger partial charge < -0.3 is 10.0 Å². The molecule has 3 heterocycles. The Balaban J connectivity index is 1.63. The van der Waals surface area contributed by atoms with Gasteiger partial charge in [-0.15, -0.1) is 5.10 Å². The second-order valence-corrected chi connectivity index (χ2v) is 6.42. The fraction of sp³-hybridized carbons (Fsp3) is 0.333. The lowest BCUT2D eigenvalue weighted by Crippen LogP contribution is -2.38. The van der Waals surface area contributed by atoms with Crippen molar-refractivity contribution in [1.82, 2.24) is 14.6 Å². The third kappa shape index (κ3) is 2.46. The van der Waals surface area contributed by atoms with Crippen LogP contribution in [0.25, 0.3) is 16.2 Å². The van der Waals surface area contributed by atoms with Crippen LogP contribution in [-0.2, 0) is 0 Å². The molecule has 1 aliphatic heterocycles.